The van der Waals surface area contributed by atoms with Gasteiger partial charge in [0.1, 0.15) is 11.4 Å². The number of aromatic nitrogens is 1. The second kappa shape index (κ2) is 11.5. The molecule has 45 heavy (non-hydrogen) atoms. The fraction of sp³-hybridized carbons (Fsp3) is 0.452. The Labute approximate surface area is 255 Å². The third-order valence-electron chi connectivity index (χ3n) is 8.82. The highest BCUT2D eigenvalue weighted by molar-refractivity contribution is 5.93. The summed E-state index contributed by atoms with van der Waals surface area (Å²) in [6.45, 7) is 3.11. The number of piperidine rings is 1. The Morgan fingerprint density at radius 2 is 1.89 bits per heavy atom. The summed E-state index contributed by atoms with van der Waals surface area (Å²) in [5.41, 5.74) is 0.770. The number of pyridine rings is 1. The smallest absolute Gasteiger partial charge is 0.492 e. The first-order valence-corrected chi connectivity index (χ1v) is 14.6. The van der Waals surface area contributed by atoms with E-state index < -0.39 is 23.7 Å². The molecule has 0 unspecified atom stereocenters. The van der Waals surface area contributed by atoms with Crippen LogP contribution in [0, 0.1) is 18.2 Å². The molecule has 2 saturated heterocycles. The molecule has 1 saturated carbocycles. The molecule has 1 aliphatic carbocycles. The number of anilines is 1. The van der Waals surface area contributed by atoms with Crippen LogP contribution in [0.1, 0.15) is 49.3 Å². The molecule has 2 aromatic carbocycles. The lowest BCUT2D eigenvalue weighted by Crippen LogP contribution is -2.41. The summed E-state index contributed by atoms with van der Waals surface area (Å²) in [5, 5.41) is 5.40. The number of methoxy groups -OCH3 is 1. The number of fused-ring (bicyclic) bond motifs is 1. The molecule has 3 fully saturated rings. The minimum absolute atomic E-state index is 0.000433. The van der Waals surface area contributed by atoms with Crippen LogP contribution in [0.4, 0.5) is 28.0 Å². The first-order valence-electron chi connectivity index (χ1n) is 14.6. The maximum Gasteiger partial charge on any atom is 0.573 e. The third kappa shape index (κ3) is 6.22. The molecule has 0 bridgehead atoms. The van der Waals surface area contributed by atoms with Gasteiger partial charge in [0.15, 0.2) is 17.3 Å². The van der Waals surface area contributed by atoms with Gasteiger partial charge < -0.3 is 34.3 Å². The van der Waals surface area contributed by atoms with Crippen molar-refractivity contribution in [2.24, 2.45) is 5.41 Å². The van der Waals surface area contributed by atoms with Crippen molar-refractivity contribution in [3.05, 3.63) is 57.6 Å². The number of carbonyl (C=O) groups excluding carboxylic acids is 2. The number of aryl methyl sites for hydroxylation is 1. The van der Waals surface area contributed by atoms with Gasteiger partial charge in [-0.3, -0.25) is 9.59 Å². The highest BCUT2D eigenvalue weighted by atomic mass is 19.4. The topological polar surface area (TPSA) is 111 Å². The Bertz CT molecular complexity index is 1730. The van der Waals surface area contributed by atoms with Crippen molar-refractivity contribution in [1.29, 1.82) is 0 Å². The summed E-state index contributed by atoms with van der Waals surface area (Å²) in [7, 11) is 1.42. The summed E-state index contributed by atoms with van der Waals surface area (Å²) in [4.78, 5) is 40.0. The van der Waals surface area contributed by atoms with Gasteiger partial charge in [-0.05, 0) is 67.3 Å². The Balaban J connectivity index is 1.24. The van der Waals surface area contributed by atoms with Gasteiger partial charge in [-0.1, -0.05) is 6.07 Å². The van der Waals surface area contributed by atoms with E-state index in [0.717, 1.165) is 25.0 Å². The molecule has 14 heteroatoms. The van der Waals surface area contributed by atoms with E-state index in [2.05, 4.69) is 15.4 Å². The van der Waals surface area contributed by atoms with E-state index in [4.69, 9.17) is 9.47 Å². The molecule has 3 aromatic rings. The number of nitrogens with zero attached hydrogens (tertiary/aromatic N) is 2. The van der Waals surface area contributed by atoms with Crippen molar-refractivity contribution in [3.63, 3.8) is 0 Å². The maximum absolute atomic E-state index is 15.8. The summed E-state index contributed by atoms with van der Waals surface area (Å²) in [5.74, 6) is -1.09. The van der Waals surface area contributed by atoms with Crippen LogP contribution in [0.15, 0.2) is 35.3 Å². The second-order valence-corrected chi connectivity index (χ2v) is 11.9. The van der Waals surface area contributed by atoms with Gasteiger partial charge in [0.05, 0.1) is 24.2 Å². The number of rotatable bonds is 7. The van der Waals surface area contributed by atoms with Gasteiger partial charge in [0.2, 0.25) is 11.3 Å². The molecular formula is C31H32F4N4O6. The Hall–Kier alpha value is -4.49. The average Bonchev–Trinajstić information content (AvgIpc) is 3.76. The van der Waals surface area contributed by atoms with E-state index in [1.807, 2.05) is 4.90 Å². The van der Waals surface area contributed by atoms with Crippen molar-refractivity contribution in [2.45, 2.75) is 58.0 Å². The number of ether oxygens (including phenoxy) is 3. The highest BCUT2D eigenvalue weighted by Crippen LogP contribution is 2.46. The molecule has 0 radical (unpaired) electrons. The molecule has 2 amide bonds. The average molecular weight is 633 g/mol. The minimum Gasteiger partial charge on any atom is -0.492 e. The number of halogens is 4. The molecule has 2 aliphatic heterocycles. The van der Waals surface area contributed by atoms with Crippen LogP contribution in [-0.2, 0) is 11.3 Å². The fourth-order valence-corrected chi connectivity index (χ4v) is 6.30. The molecule has 1 aromatic heterocycles. The van der Waals surface area contributed by atoms with Gasteiger partial charge in [-0.2, -0.15) is 0 Å². The molecule has 0 atom stereocenters. The van der Waals surface area contributed by atoms with Crippen LogP contribution < -0.4 is 35.2 Å². The van der Waals surface area contributed by atoms with Crippen LogP contribution in [0.2, 0.25) is 0 Å². The molecular weight excluding hydrogens is 600 g/mol. The monoisotopic (exact) mass is 632 g/mol. The van der Waals surface area contributed by atoms with Crippen molar-refractivity contribution in [1.82, 2.24) is 15.2 Å². The van der Waals surface area contributed by atoms with E-state index in [1.54, 1.807) is 11.5 Å². The van der Waals surface area contributed by atoms with Crippen LogP contribution in [0.5, 0.6) is 17.2 Å². The summed E-state index contributed by atoms with van der Waals surface area (Å²) in [6.07, 6.45) is -0.886. The molecule has 10 nitrogen and oxygen atoms in total. The van der Waals surface area contributed by atoms with Crippen molar-refractivity contribution in [2.75, 3.05) is 31.6 Å². The standard InChI is InChI=1S/C31H32F4N4O6/c1-17-11-20(45-31(33,34)35)6-3-18(17)14-36-29(42)44-23-15-39(19-4-5-19)25-21(27(23)41)12-22(32)26(28(25)43-2)38-9-7-30(8-10-38)13-24(40)37-16-30/h3,6,11-12,15,19H,4-5,7-10,13-14,16H2,1-2H3,(H,36,42)(H,37,40). The molecule has 1 spiro atoms. The van der Waals surface area contributed by atoms with E-state index >= 15 is 4.39 Å². The lowest BCUT2D eigenvalue weighted by Gasteiger charge is -2.40. The molecule has 3 aliphatic rings. The summed E-state index contributed by atoms with van der Waals surface area (Å²) in [6, 6.07) is 4.85. The highest BCUT2D eigenvalue weighted by Gasteiger charge is 2.42. The van der Waals surface area contributed by atoms with Gasteiger partial charge >= 0.3 is 12.5 Å². The number of benzene rings is 2. The minimum atomic E-state index is -4.83. The summed E-state index contributed by atoms with van der Waals surface area (Å²) < 4.78 is 70.2. The van der Waals surface area contributed by atoms with Crippen LogP contribution >= 0.6 is 0 Å². The molecule has 240 valence electrons. The quantitative estimate of drug-likeness (QED) is 0.350. The number of hydrogen-bond acceptors (Lipinski definition) is 7. The van der Waals surface area contributed by atoms with E-state index in [0.29, 0.717) is 55.5 Å². The molecule has 3 heterocycles. The first-order chi connectivity index (χ1) is 21.4. The van der Waals surface area contributed by atoms with Gasteiger partial charge in [-0.15, -0.1) is 13.2 Å². The van der Waals surface area contributed by atoms with Crippen LogP contribution in [-0.4, -0.2) is 49.7 Å². The number of nitrogens with one attached hydrogen (secondary N) is 2. The Morgan fingerprint density at radius 3 is 2.49 bits per heavy atom. The molecule has 6 rings (SSSR count). The van der Waals surface area contributed by atoms with Crippen molar-refractivity contribution >= 4 is 28.6 Å². The first kappa shape index (κ1) is 30.5. The largest absolute Gasteiger partial charge is 0.573 e. The second-order valence-electron chi connectivity index (χ2n) is 11.9. The predicted molar refractivity (Wildman–Crippen MR) is 155 cm³/mol. The Kier molecular flexibility index (Phi) is 7.77. The lowest BCUT2D eigenvalue weighted by atomic mass is 9.77. The lowest BCUT2D eigenvalue weighted by molar-refractivity contribution is -0.274. The van der Waals surface area contributed by atoms with Crippen molar-refractivity contribution in [3.8, 4) is 17.2 Å². The number of carbonyl (C=O) groups is 2. The predicted octanol–water partition coefficient (Wildman–Crippen LogP) is 5.09. The maximum atomic E-state index is 15.8. The van der Waals surface area contributed by atoms with Crippen molar-refractivity contribution < 1.29 is 41.4 Å². The van der Waals surface area contributed by atoms with E-state index in [9.17, 15) is 27.6 Å². The fourth-order valence-electron chi connectivity index (χ4n) is 6.30. The van der Waals surface area contributed by atoms with Crippen LogP contribution in [0.25, 0.3) is 10.9 Å². The number of amides is 2. The van der Waals surface area contributed by atoms with E-state index in [-0.39, 0.29) is 52.2 Å². The SMILES string of the molecule is COc1c(N2CCC3(CC2)CNC(=O)C3)c(F)cc2c(=O)c(OC(=O)NCc3ccc(OC(F)(F)F)cc3C)cn(C3CC3)c12. The number of hydrogen-bond donors (Lipinski definition) is 2. The van der Waals surface area contributed by atoms with E-state index in [1.165, 1.54) is 25.4 Å². The zero-order chi connectivity index (χ0) is 32.1. The summed E-state index contributed by atoms with van der Waals surface area (Å²) >= 11 is 0. The van der Waals surface area contributed by atoms with Gasteiger partial charge in [0.25, 0.3) is 0 Å². The zero-order valence-electron chi connectivity index (χ0n) is 24.7. The zero-order valence-corrected chi connectivity index (χ0v) is 24.7. The number of alkyl halides is 3. The normalized spacial score (nSPS) is 17.8. The molecule has 2 N–H and O–H groups in total. The van der Waals surface area contributed by atoms with Crippen LogP contribution in [0.3, 0.4) is 0 Å². The van der Waals surface area contributed by atoms with Gasteiger partial charge in [0, 0.05) is 38.6 Å². The Morgan fingerprint density at radius 1 is 1.16 bits per heavy atom. The third-order valence-corrected chi connectivity index (χ3v) is 8.82. The van der Waals surface area contributed by atoms with Gasteiger partial charge in [-0.25, -0.2) is 9.18 Å².